The first-order chi connectivity index (χ1) is 7.74. The van der Waals surface area contributed by atoms with Crippen molar-refractivity contribution in [2.45, 2.75) is 19.3 Å². The van der Waals surface area contributed by atoms with Gasteiger partial charge in [-0.3, -0.25) is 4.79 Å². The third kappa shape index (κ3) is 1.17. The van der Waals surface area contributed by atoms with Crippen LogP contribution < -0.4 is 0 Å². The van der Waals surface area contributed by atoms with Crippen molar-refractivity contribution in [1.29, 1.82) is 0 Å². The SMILES string of the molecule is CCOC(=O)[C@H]1[C@@H]2Cc3c(O)cccc3[C@@H]21. The summed E-state index contributed by atoms with van der Waals surface area (Å²) in [4.78, 5) is 11.6. The van der Waals surface area contributed by atoms with Crippen LogP contribution in [0.4, 0.5) is 0 Å². The Morgan fingerprint density at radius 3 is 3.12 bits per heavy atom. The third-order valence-electron chi connectivity index (χ3n) is 3.71. The van der Waals surface area contributed by atoms with E-state index < -0.39 is 0 Å². The van der Waals surface area contributed by atoms with Crippen LogP contribution in [0, 0.1) is 11.8 Å². The molecule has 0 saturated heterocycles. The molecule has 3 atom stereocenters. The average molecular weight is 218 g/mol. The summed E-state index contributed by atoms with van der Waals surface area (Å²) in [5.41, 5.74) is 2.17. The van der Waals surface area contributed by atoms with Gasteiger partial charge in [-0.1, -0.05) is 12.1 Å². The molecule has 0 aromatic heterocycles. The first-order valence-electron chi connectivity index (χ1n) is 5.71. The molecule has 2 aliphatic carbocycles. The minimum absolute atomic E-state index is 0.0363. The number of hydrogen-bond donors (Lipinski definition) is 1. The summed E-state index contributed by atoms with van der Waals surface area (Å²) in [6, 6.07) is 5.57. The van der Waals surface area contributed by atoms with Crippen LogP contribution in [0.3, 0.4) is 0 Å². The second-order valence-electron chi connectivity index (χ2n) is 4.52. The molecule has 16 heavy (non-hydrogen) atoms. The van der Waals surface area contributed by atoms with Gasteiger partial charge in [-0.2, -0.15) is 0 Å². The molecule has 1 N–H and O–H groups in total. The largest absolute Gasteiger partial charge is 0.508 e. The van der Waals surface area contributed by atoms with Crippen molar-refractivity contribution in [3.8, 4) is 5.75 Å². The lowest BCUT2D eigenvalue weighted by atomic mass is 10.0. The number of phenols is 1. The van der Waals surface area contributed by atoms with Crippen LogP contribution >= 0.6 is 0 Å². The second-order valence-corrected chi connectivity index (χ2v) is 4.52. The van der Waals surface area contributed by atoms with Gasteiger partial charge in [-0.05, 0) is 36.5 Å². The number of carbonyl (C=O) groups is 1. The summed E-state index contributed by atoms with van der Waals surface area (Å²) < 4.78 is 5.05. The molecule has 2 aliphatic rings. The molecule has 0 aliphatic heterocycles. The fourth-order valence-corrected chi connectivity index (χ4v) is 2.97. The maximum atomic E-state index is 11.6. The van der Waals surface area contributed by atoms with E-state index in [1.54, 1.807) is 6.07 Å². The van der Waals surface area contributed by atoms with Gasteiger partial charge in [0.1, 0.15) is 5.75 Å². The Labute approximate surface area is 94.0 Å². The van der Waals surface area contributed by atoms with Gasteiger partial charge in [-0.15, -0.1) is 0 Å². The maximum Gasteiger partial charge on any atom is 0.309 e. The van der Waals surface area contributed by atoms with Crippen LogP contribution in [0.15, 0.2) is 18.2 Å². The van der Waals surface area contributed by atoms with Crippen LogP contribution in [-0.4, -0.2) is 17.7 Å². The smallest absolute Gasteiger partial charge is 0.309 e. The summed E-state index contributed by atoms with van der Waals surface area (Å²) in [6.07, 6.45) is 0.816. The minimum atomic E-state index is -0.0773. The monoisotopic (exact) mass is 218 g/mol. The zero-order valence-electron chi connectivity index (χ0n) is 9.14. The molecule has 0 radical (unpaired) electrons. The number of rotatable bonds is 2. The van der Waals surface area contributed by atoms with Gasteiger partial charge < -0.3 is 9.84 Å². The van der Waals surface area contributed by atoms with Gasteiger partial charge in [0.05, 0.1) is 12.5 Å². The topological polar surface area (TPSA) is 46.5 Å². The van der Waals surface area contributed by atoms with E-state index in [1.807, 2.05) is 19.1 Å². The predicted molar refractivity (Wildman–Crippen MR) is 58.2 cm³/mol. The fraction of sp³-hybridized carbons (Fsp3) is 0.462. The van der Waals surface area contributed by atoms with Crippen molar-refractivity contribution in [1.82, 2.24) is 0 Å². The van der Waals surface area contributed by atoms with Gasteiger partial charge in [0.2, 0.25) is 0 Å². The predicted octanol–water partition coefficient (Wildman–Crippen LogP) is 1.84. The number of ether oxygens (including phenoxy) is 1. The van der Waals surface area contributed by atoms with E-state index in [0.717, 1.165) is 17.5 Å². The van der Waals surface area contributed by atoms with Crippen LogP contribution in [0.1, 0.15) is 24.0 Å². The molecule has 0 unspecified atom stereocenters. The molecule has 1 aromatic carbocycles. The third-order valence-corrected chi connectivity index (χ3v) is 3.71. The van der Waals surface area contributed by atoms with E-state index in [0.29, 0.717) is 24.2 Å². The van der Waals surface area contributed by atoms with E-state index in [1.165, 1.54) is 0 Å². The number of esters is 1. The average Bonchev–Trinajstić information content (AvgIpc) is 2.85. The quantitative estimate of drug-likeness (QED) is 0.770. The first kappa shape index (κ1) is 9.70. The first-order valence-corrected chi connectivity index (χ1v) is 5.71. The van der Waals surface area contributed by atoms with E-state index in [2.05, 4.69) is 0 Å². The molecule has 3 rings (SSSR count). The molecule has 0 bridgehead atoms. The van der Waals surface area contributed by atoms with E-state index in [-0.39, 0.29) is 11.9 Å². The van der Waals surface area contributed by atoms with Crippen molar-refractivity contribution in [3.63, 3.8) is 0 Å². The standard InChI is InChI=1S/C13H14O3/c1-2-16-13(15)12-9-6-8-7(11(9)12)4-3-5-10(8)14/h3-5,9,11-12,14H,2,6H2,1H3/t9-,11+,12+/m1/s1. The Balaban J connectivity index is 1.85. The Morgan fingerprint density at radius 1 is 1.56 bits per heavy atom. The highest BCUT2D eigenvalue weighted by Crippen LogP contribution is 2.62. The number of benzene rings is 1. The lowest BCUT2D eigenvalue weighted by molar-refractivity contribution is -0.145. The molecular weight excluding hydrogens is 204 g/mol. The zero-order chi connectivity index (χ0) is 11.3. The highest BCUT2D eigenvalue weighted by atomic mass is 16.5. The second kappa shape index (κ2) is 3.24. The number of carbonyl (C=O) groups excluding carboxylic acids is 1. The molecule has 84 valence electrons. The minimum Gasteiger partial charge on any atom is -0.508 e. The number of aromatic hydroxyl groups is 1. The molecular formula is C13H14O3. The molecule has 1 aromatic rings. The van der Waals surface area contributed by atoms with E-state index >= 15 is 0 Å². The van der Waals surface area contributed by atoms with Gasteiger partial charge in [0.25, 0.3) is 0 Å². The molecule has 0 amide bonds. The number of phenolic OH excluding ortho intramolecular Hbond substituents is 1. The molecule has 0 heterocycles. The van der Waals surface area contributed by atoms with Gasteiger partial charge >= 0.3 is 5.97 Å². The molecule has 0 spiro atoms. The van der Waals surface area contributed by atoms with Crippen molar-refractivity contribution in [2.24, 2.45) is 11.8 Å². The summed E-state index contributed by atoms with van der Waals surface area (Å²) >= 11 is 0. The van der Waals surface area contributed by atoms with Crippen molar-refractivity contribution < 1.29 is 14.6 Å². The number of hydrogen-bond acceptors (Lipinski definition) is 3. The van der Waals surface area contributed by atoms with Crippen LogP contribution in [0.25, 0.3) is 0 Å². The number of fused-ring (bicyclic) bond motifs is 3. The van der Waals surface area contributed by atoms with Crippen molar-refractivity contribution in [2.75, 3.05) is 6.61 Å². The van der Waals surface area contributed by atoms with Crippen molar-refractivity contribution in [3.05, 3.63) is 29.3 Å². The lowest BCUT2D eigenvalue weighted by Crippen LogP contribution is -2.10. The normalized spacial score (nSPS) is 29.4. The van der Waals surface area contributed by atoms with Gasteiger partial charge in [0, 0.05) is 5.92 Å². The van der Waals surface area contributed by atoms with Crippen LogP contribution in [-0.2, 0) is 16.0 Å². The summed E-state index contributed by atoms with van der Waals surface area (Å²) in [5.74, 6) is 0.983. The van der Waals surface area contributed by atoms with Crippen LogP contribution in [0.5, 0.6) is 5.75 Å². The fourth-order valence-electron chi connectivity index (χ4n) is 2.97. The van der Waals surface area contributed by atoms with E-state index in [4.69, 9.17) is 4.74 Å². The molecule has 1 saturated carbocycles. The lowest BCUT2D eigenvalue weighted by Gasteiger charge is -2.08. The highest BCUT2D eigenvalue weighted by Gasteiger charge is 2.60. The highest BCUT2D eigenvalue weighted by molar-refractivity contribution is 5.80. The molecule has 3 heteroatoms. The Kier molecular flexibility index (Phi) is 1.96. The molecule has 1 fully saturated rings. The Bertz CT molecular complexity index is 452. The maximum absolute atomic E-state index is 11.6. The van der Waals surface area contributed by atoms with Gasteiger partial charge in [0.15, 0.2) is 0 Å². The van der Waals surface area contributed by atoms with Gasteiger partial charge in [-0.25, -0.2) is 0 Å². The summed E-state index contributed by atoms with van der Waals surface area (Å²) in [6.45, 7) is 2.28. The zero-order valence-corrected chi connectivity index (χ0v) is 9.14. The Morgan fingerprint density at radius 2 is 2.38 bits per heavy atom. The Hall–Kier alpha value is -1.51. The summed E-state index contributed by atoms with van der Waals surface area (Å²) in [5, 5.41) is 9.68. The molecule has 3 nitrogen and oxygen atoms in total. The van der Waals surface area contributed by atoms with E-state index in [9.17, 15) is 9.90 Å². The van der Waals surface area contributed by atoms with Crippen LogP contribution in [0.2, 0.25) is 0 Å². The van der Waals surface area contributed by atoms with Crippen molar-refractivity contribution >= 4 is 5.97 Å². The summed E-state index contributed by atoms with van der Waals surface area (Å²) in [7, 11) is 0.